The third-order valence-electron chi connectivity index (χ3n) is 13.7. The fraction of sp³-hybridized carbons (Fsp3) is 0. The van der Waals surface area contributed by atoms with Gasteiger partial charge in [-0.3, -0.25) is 0 Å². The summed E-state index contributed by atoms with van der Waals surface area (Å²) in [5, 5.41) is 12.5. The first kappa shape index (κ1) is 39.4. The highest BCUT2D eigenvalue weighted by molar-refractivity contribution is 6.17. The summed E-state index contributed by atoms with van der Waals surface area (Å²) in [6, 6.07) is 92.0. The van der Waals surface area contributed by atoms with Gasteiger partial charge >= 0.3 is 0 Å². The van der Waals surface area contributed by atoms with Crippen molar-refractivity contribution in [2.75, 3.05) is 0 Å². The van der Waals surface area contributed by atoms with Crippen molar-refractivity contribution in [2.45, 2.75) is 0 Å². The monoisotopic (exact) mass is 862 g/mol. The zero-order valence-corrected chi connectivity index (χ0v) is 37.1. The van der Waals surface area contributed by atoms with Gasteiger partial charge < -0.3 is 0 Å². The Morgan fingerprint density at radius 2 is 0.603 bits per heavy atom. The van der Waals surface area contributed by atoms with Gasteiger partial charge in [0.25, 0.3) is 0 Å². The molecule has 0 fully saturated rings. The SMILES string of the molecule is c1ccc(-c2nc(-c3ccc(-c4cccc5ccccc45)cc3)cc(-c3ccc(-c4ccc(-c5ccc(-c6cc7ccccc7c7cc8ccccc8cc67)cc5)c5ccccc45)cc3)n2)cc1. The molecule has 0 aliphatic carbocycles. The van der Waals surface area contributed by atoms with Crippen LogP contribution in [0.2, 0.25) is 0 Å². The standard InChI is InChI=1S/C66H42N2/c1-2-14-50(15-3-1)66-67-64(48-33-29-44(30-34-48)55-24-12-19-43-13-6-8-20-54(43)55)42-65(68-66)49-35-31-46(32-36-49)58-38-37-57(59-22-10-11-23-60(58)59)45-25-27-47(28-26-45)61-41-53-18-7-9-21-56(53)62-39-51-16-4-5-17-52(51)40-63(61)62/h1-42H. The van der Waals surface area contributed by atoms with Crippen molar-refractivity contribution in [3.05, 3.63) is 255 Å². The largest absolute Gasteiger partial charge is 0.228 e. The summed E-state index contributed by atoms with van der Waals surface area (Å²) in [6.45, 7) is 0. The van der Waals surface area contributed by atoms with Gasteiger partial charge in [0.15, 0.2) is 5.82 Å². The minimum Gasteiger partial charge on any atom is -0.228 e. The van der Waals surface area contributed by atoms with Gasteiger partial charge in [0.2, 0.25) is 0 Å². The van der Waals surface area contributed by atoms with Gasteiger partial charge in [-0.1, -0.05) is 231 Å². The molecule has 13 rings (SSSR count). The van der Waals surface area contributed by atoms with E-state index in [1.54, 1.807) is 0 Å². The van der Waals surface area contributed by atoms with E-state index in [0.717, 1.165) is 33.6 Å². The number of fused-ring (bicyclic) bond motifs is 6. The Hall–Kier alpha value is -8.98. The van der Waals surface area contributed by atoms with Crippen LogP contribution in [0.25, 0.3) is 132 Å². The van der Waals surface area contributed by atoms with E-state index < -0.39 is 0 Å². The van der Waals surface area contributed by atoms with E-state index in [2.05, 4.69) is 237 Å². The average Bonchev–Trinajstić information content (AvgIpc) is 3.42. The molecule has 12 aromatic carbocycles. The molecule has 0 unspecified atom stereocenters. The van der Waals surface area contributed by atoms with Crippen LogP contribution in [0.3, 0.4) is 0 Å². The Balaban J connectivity index is 0.835. The molecule has 0 amide bonds. The molecule has 0 aliphatic heterocycles. The molecule has 316 valence electrons. The number of hydrogen-bond donors (Lipinski definition) is 0. The number of nitrogens with zero attached hydrogens (tertiary/aromatic N) is 2. The summed E-state index contributed by atoms with van der Waals surface area (Å²) in [5.74, 6) is 0.703. The number of benzene rings is 12. The first-order valence-corrected chi connectivity index (χ1v) is 23.3. The zero-order valence-electron chi connectivity index (χ0n) is 37.1. The lowest BCUT2D eigenvalue weighted by Crippen LogP contribution is -1.96. The smallest absolute Gasteiger partial charge is 0.160 e. The van der Waals surface area contributed by atoms with E-state index in [1.165, 1.54) is 92.8 Å². The molecule has 68 heavy (non-hydrogen) atoms. The summed E-state index contributed by atoms with van der Waals surface area (Å²) in [4.78, 5) is 10.3. The lowest BCUT2D eigenvalue weighted by Gasteiger charge is -2.15. The van der Waals surface area contributed by atoms with Crippen LogP contribution in [0.5, 0.6) is 0 Å². The van der Waals surface area contributed by atoms with Crippen molar-refractivity contribution in [1.82, 2.24) is 9.97 Å². The normalized spacial score (nSPS) is 11.5. The molecule has 0 aliphatic rings. The second-order valence-electron chi connectivity index (χ2n) is 17.7. The van der Waals surface area contributed by atoms with Crippen molar-refractivity contribution in [3.63, 3.8) is 0 Å². The Labute approximate surface area is 395 Å². The quantitative estimate of drug-likeness (QED) is 0.118. The molecule has 0 N–H and O–H groups in total. The maximum atomic E-state index is 5.15. The molecule has 2 nitrogen and oxygen atoms in total. The van der Waals surface area contributed by atoms with Gasteiger partial charge in [-0.2, -0.15) is 0 Å². The van der Waals surface area contributed by atoms with Crippen LogP contribution in [-0.4, -0.2) is 9.97 Å². The maximum Gasteiger partial charge on any atom is 0.160 e. The van der Waals surface area contributed by atoms with Gasteiger partial charge in [-0.05, 0) is 123 Å². The lowest BCUT2D eigenvalue weighted by atomic mass is 9.89. The second-order valence-corrected chi connectivity index (χ2v) is 17.7. The number of aromatic nitrogens is 2. The van der Waals surface area contributed by atoms with Crippen LogP contribution in [0.1, 0.15) is 0 Å². The van der Waals surface area contributed by atoms with Crippen LogP contribution in [0.4, 0.5) is 0 Å². The van der Waals surface area contributed by atoms with Gasteiger partial charge in [0.1, 0.15) is 0 Å². The fourth-order valence-corrected chi connectivity index (χ4v) is 10.2. The van der Waals surface area contributed by atoms with E-state index in [-0.39, 0.29) is 0 Å². The summed E-state index contributed by atoms with van der Waals surface area (Å²) in [5.41, 5.74) is 14.5. The first-order valence-electron chi connectivity index (χ1n) is 23.3. The highest BCUT2D eigenvalue weighted by atomic mass is 14.9. The van der Waals surface area contributed by atoms with E-state index in [0.29, 0.717) is 5.82 Å². The minimum absolute atomic E-state index is 0.703. The molecule has 0 atom stereocenters. The number of rotatable bonds is 7. The Bertz CT molecular complexity index is 4040. The summed E-state index contributed by atoms with van der Waals surface area (Å²) in [6.07, 6.45) is 0. The molecule has 0 radical (unpaired) electrons. The van der Waals surface area contributed by atoms with Crippen LogP contribution in [0.15, 0.2) is 255 Å². The molecule has 0 bridgehead atoms. The molecule has 0 saturated carbocycles. The van der Waals surface area contributed by atoms with Crippen LogP contribution in [-0.2, 0) is 0 Å². The van der Waals surface area contributed by atoms with Crippen LogP contribution >= 0.6 is 0 Å². The predicted molar refractivity (Wildman–Crippen MR) is 288 cm³/mol. The van der Waals surface area contributed by atoms with Crippen molar-refractivity contribution < 1.29 is 0 Å². The molecule has 2 heteroatoms. The Morgan fingerprint density at radius 1 is 0.191 bits per heavy atom. The highest BCUT2D eigenvalue weighted by Crippen LogP contribution is 2.41. The Kier molecular flexibility index (Phi) is 9.54. The predicted octanol–water partition coefficient (Wildman–Crippen LogP) is 17.9. The molecular formula is C66H42N2. The lowest BCUT2D eigenvalue weighted by molar-refractivity contribution is 1.18. The molecule has 13 aromatic rings. The van der Waals surface area contributed by atoms with Gasteiger partial charge in [-0.25, -0.2) is 9.97 Å². The number of hydrogen-bond acceptors (Lipinski definition) is 2. The zero-order chi connectivity index (χ0) is 45.0. The molecular weight excluding hydrogens is 821 g/mol. The minimum atomic E-state index is 0.703. The summed E-state index contributed by atoms with van der Waals surface area (Å²) < 4.78 is 0. The second kappa shape index (κ2) is 16.5. The van der Waals surface area contributed by atoms with Crippen LogP contribution < -0.4 is 0 Å². The van der Waals surface area contributed by atoms with Gasteiger partial charge in [0.05, 0.1) is 11.4 Å². The third kappa shape index (κ3) is 6.99. The van der Waals surface area contributed by atoms with Crippen molar-refractivity contribution in [1.29, 1.82) is 0 Å². The average molecular weight is 863 g/mol. The summed E-state index contributed by atoms with van der Waals surface area (Å²) in [7, 11) is 0. The Morgan fingerprint density at radius 3 is 1.18 bits per heavy atom. The summed E-state index contributed by atoms with van der Waals surface area (Å²) >= 11 is 0. The van der Waals surface area contributed by atoms with Crippen molar-refractivity contribution in [2.24, 2.45) is 0 Å². The van der Waals surface area contributed by atoms with Gasteiger partial charge in [0, 0.05) is 16.7 Å². The van der Waals surface area contributed by atoms with Crippen molar-refractivity contribution >= 4 is 53.9 Å². The molecule has 1 heterocycles. The van der Waals surface area contributed by atoms with Gasteiger partial charge in [-0.15, -0.1) is 0 Å². The maximum absolute atomic E-state index is 5.15. The third-order valence-corrected chi connectivity index (χ3v) is 13.7. The van der Waals surface area contributed by atoms with E-state index in [4.69, 9.17) is 9.97 Å². The van der Waals surface area contributed by atoms with E-state index >= 15 is 0 Å². The van der Waals surface area contributed by atoms with E-state index in [1.807, 2.05) is 18.2 Å². The topological polar surface area (TPSA) is 25.8 Å². The van der Waals surface area contributed by atoms with Crippen LogP contribution in [0, 0.1) is 0 Å². The fourth-order valence-electron chi connectivity index (χ4n) is 10.2. The van der Waals surface area contributed by atoms with E-state index in [9.17, 15) is 0 Å². The molecule has 1 aromatic heterocycles. The van der Waals surface area contributed by atoms with Crippen molar-refractivity contribution in [3.8, 4) is 78.4 Å². The molecule has 0 spiro atoms. The highest BCUT2D eigenvalue weighted by Gasteiger charge is 2.15. The molecule has 0 saturated heterocycles. The first-order chi connectivity index (χ1) is 33.7.